The van der Waals surface area contributed by atoms with Crippen LogP contribution in [0.15, 0.2) is 66.9 Å². The van der Waals surface area contributed by atoms with Crippen molar-refractivity contribution in [2.24, 2.45) is 0 Å². The summed E-state index contributed by atoms with van der Waals surface area (Å²) in [7, 11) is 0. The summed E-state index contributed by atoms with van der Waals surface area (Å²) in [4.78, 5) is 19.2. The van der Waals surface area contributed by atoms with Gasteiger partial charge in [0.1, 0.15) is 0 Å². The average Bonchev–Trinajstić information content (AvgIpc) is 2.59. The Morgan fingerprint density at radius 3 is 2.48 bits per heavy atom. The molecule has 0 unspecified atom stereocenters. The van der Waals surface area contributed by atoms with Gasteiger partial charge >= 0.3 is 0 Å². The fourth-order valence-corrected chi connectivity index (χ4v) is 2.62. The van der Waals surface area contributed by atoms with Crippen LogP contribution in [-0.2, 0) is 6.54 Å². The molecule has 0 N–H and O–H groups in total. The molecule has 2 aromatic carbocycles. The van der Waals surface area contributed by atoms with Gasteiger partial charge < -0.3 is 4.90 Å². The fourth-order valence-electron chi connectivity index (χ4n) is 2.62. The number of hydrogen-bond acceptors (Lipinski definition) is 2. The van der Waals surface area contributed by atoms with E-state index in [0.717, 1.165) is 16.5 Å². The molecule has 3 aromatic rings. The number of fused-ring (bicyclic) bond motifs is 1. The lowest BCUT2D eigenvalue weighted by atomic mass is 10.1. The van der Waals surface area contributed by atoms with Gasteiger partial charge in [-0.3, -0.25) is 9.78 Å². The second-order valence-corrected chi connectivity index (χ2v) is 5.93. The maximum atomic E-state index is 12.9. The summed E-state index contributed by atoms with van der Waals surface area (Å²) < 4.78 is 0. The van der Waals surface area contributed by atoms with Gasteiger partial charge in [-0.2, -0.15) is 0 Å². The summed E-state index contributed by atoms with van der Waals surface area (Å²) in [5, 5.41) is 0.988. The quantitative estimate of drug-likeness (QED) is 0.720. The average molecular weight is 304 g/mol. The molecule has 0 aliphatic heterocycles. The van der Waals surface area contributed by atoms with Gasteiger partial charge in [-0.15, -0.1) is 0 Å². The first-order valence-electron chi connectivity index (χ1n) is 7.85. The van der Waals surface area contributed by atoms with Gasteiger partial charge in [0.15, 0.2) is 0 Å². The van der Waals surface area contributed by atoms with Crippen LogP contribution < -0.4 is 0 Å². The van der Waals surface area contributed by atoms with E-state index in [1.165, 1.54) is 0 Å². The van der Waals surface area contributed by atoms with Crippen LogP contribution in [0.1, 0.15) is 29.8 Å². The number of pyridine rings is 1. The third-order valence-electron chi connectivity index (χ3n) is 3.92. The smallest absolute Gasteiger partial charge is 0.255 e. The molecule has 0 radical (unpaired) electrons. The maximum absolute atomic E-state index is 12.9. The number of para-hydroxylation sites is 1. The van der Waals surface area contributed by atoms with Crippen molar-refractivity contribution < 1.29 is 4.79 Å². The van der Waals surface area contributed by atoms with Crippen molar-refractivity contribution in [3.05, 3.63) is 78.0 Å². The SMILES string of the molecule is CC(C)N(Cc1ccccc1)C(=O)c1cnc2ccccc2c1. The first-order chi connectivity index (χ1) is 11.1. The zero-order chi connectivity index (χ0) is 16.2. The van der Waals surface area contributed by atoms with Crippen molar-refractivity contribution in [1.82, 2.24) is 9.88 Å². The van der Waals surface area contributed by atoms with Gasteiger partial charge in [0.25, 0.3) is 5.91 Å². The van der Waals surface area contributed by atoms with Crippen LogP contribution in [0.5, 0.6) is 0 Å². The molecule has 0 fully saturated rings. The summed E-state index contributed by atoms with van der Waals surface area (Å²) in [6, 6.07) is 19.9. The van der Waals surface area contributed by atoms with Gasteiger partial charge in [0.2, 0.25) is 0 Å². The predicted molar refractivity (Wildman–Crippen MR) is 93.2 cm³/mol. The molecule has 0 aliphatic carbocycles. The summed E-state index contributed by atoms with van der Waals surface area (Å²) >= 11 is 0. The molecule has 0 spiro atoms. The van der Waals surface area contributed by atoms with Crippen molar-refractivity contribution in [2.75, 3.05) is 0 Å². The molecule has 0 aliphatic rings. The number of rotatable bonds is 4. The molecule has 0 atom stereocenters. The van der Waals surface area contributed by atoms with Crippen molar-refractivity contribution in [3.63, 3.8) is 0 Å². The van der Waals surface area contributed by atoms with Crippen LogP contribution in [0.3, 0.4) is 0 Å². The van der Waals surface area contributed by atoms with Crippen LogP contribution in [0.2, 0.25) is 0 Å². The minimum Gasteiger partial charge on any atom is -0.332 e. The standard InChI is InChI=1S/C20H20N2O/c1-15(2)22(14-16-8-4-3-5-9-16)20(23)18-12-17-10-6-7-11-19(17)21-13-18/h3-13,15H,14H2,1-2H3. The van der Waals surface area contributed by atoms with E-state index in [2.05, 4.69) is 4.98 Å². The van der Waals surface area contributed by atoms with E-state index >= 15 is 0 Å². The van der Waals surface area contributed by atoms with Crippen LogP contribution in [0.25, 0.3) is 10.9 Å². The predicted octanol–water partition coefficient (Wildman–Crippen LogP) is 4.29. The molecule has 1 aromatic heterocycles. The van der Waals surface area contributed by atoms with Gasteiger partial charge in [-0.05, 0) is 31.5 Å². The molecule has 116 valence electrons. The summed E-state index contributed by atoms with van der Waals surface area (Å²) in [5.74, 6) is 0.0158. The number of nitrogens with zero attached hydrogens (tertiary/aromatic N) is 2. The van der Waals surface area contributed by atoms with E-state index in [-0.39, 0.29) is 11.9 Å². The molecule has 0 saturated heterocycles. The molecule has 1 amide bonds. The van der Waals surface area contributed by atoms with Crippen molar-refractivity contribution in [3.8, 4) is 0 Å². The number of aromatic nitrogens is 1. The number of benzene rings is 2. The second kappa shape index (κ2) is 6.61. The van der Waals surface area contributed by atoms with Gasteiger partial charge in [0, 0.05) is 24.2 Å². The highest BCUT2D eigenvalue weighted by atomic mass is 16.2. The van der Waals surface area contributed by atoms with E-state index in [0.29, 0.717) is 12.1 Å². The highest BCUT2D eigenvalue weighted by molar-refractivity contribution is 5.97. The Balaban J connectivity index is 1.90. The fraction of sp³-hybridized carbons (Fsp3) is 0.200. The second-order valence-electron chi connectivity index (χ2n) is 5.93. The Morgan fingerprint density at radius 2 is 1.74 bits per heavy atom. The Kier molecular flexibility index (Phi) is 4.38. The maximum Gasteiger partial charge on any atom is 0.255 e. The minimum atomic E-state index is 0.0158. The summed E-state index contributed by atoms with van der Waals surface area (Å²) in [6.45, 7) is 4.68. The van der Waals surface area contributed by atoms with E-state index in [1.54, 1.807) is 6.20 Å². The summed E-state index contributed by atoms with van der Waals surface area (Å²) in [6.07, 6.45) is 1.67. The highest BCUT2D eigenvalue weighted by Gasteiger charge is 2.19. The summed E-state index contributed by atoms with van der Waals surface area (Å²) in [5.41, 5.74) is 2.67. The lowest BCUT2D eigenvalue weighted by molar-refractivity contribution is 0.0690. The molecule has 0 saturated carbocycles. The lowest BCUT2D eigenvalue weighted by Gasteiger charge is -2.27. The zero-order valence-corrected chi connectivity index (χ0v) is 13.4. The molecular weight excluding hydrogens is 284 g/mol. The number of hydrogen-bond donors (Lipinski definition) is 0. The highest BCUT2D eigenvalue weighted by Crippen LogP contribution is 2.17. The molecule has 0 bridgehead atoms. The van der Waals surface area contributed by atoms with Crippen LogP contribution in [0.4, 0.5) is 0 Å². The van der Waals surface area contributed by atoms with Crippen molar-refractivity contribution in [2.45, 2.75) is 26.4 Å². The normalized spacial score (nSPS) is 10.9. The van der Waals surface area contributed by atoms with E-state index in [4.69, 9.17) is 0 Å². The van der Waals surface area contributed by atoms with Crippen LogP contribution in [-0.4, -0.2) is 21.8 Å². The molecule has 3 rings (SSSR count). The van der Waals surface area contributed by atoms with Gasteiger partial charge in [-0.25, -0.2) is 0 Å². The topological polar surface area (TPSA) is 33.2 Å². The largest absolute Gasteiger partial charge is 0.332 e. The van der Waals surface area contributed by atoms with Crippen molar-refractivity contribution in [1.29, 1.82) is 0 Å². The lowest BCUT2D eigenvalue weighted by Crippen LogP contribution is -2.36. The molecule has 3 heteroatoms. The first kappa shape index (κ1) is 15.2. The van der Waals surface area contributed by atoms with Gasteiger partial charge in [0.05, 0.1) is 11.1 Å². The number of amides is 1. The van der Waals surface area contributed by atoms with Crippen molar-refractivity contribution >= 4 is 16.8 Å². The first-order valence-corrected chi connectivity index (χ1v) is 7.85. The van der Waals surface area contributed by atoms with E-state index in [9.17, 15) is 4.79 Å². The Morgan fingerprint density at radius 1 is 1.04 bits per heavy atom. The third-order valence-corrected chi connectivity index (χ3v) is 3.92. The van der Waals surface area contributed by atoms with Gasteiger partial charge in [-0.1, -0.05) is 48.5 Å². The molecule has 23 heavy (non-hydrogen) atoms. The zero-order valence-electron chi connectivity index (χ0n) is 13.4. The van der Waals surface area contributed by atoms with E-state index < -0.39 is 0 Å². The molecular formula is C20H20N2O. The minimum absolute atomic E-state index is 0.0158. The Labute approximate surface area is 136 Å². The number of carbonyl (C=O) groups excluding carboxylic acids is 1. The Bertz CT molecular complexity index is 812. The van der Waals surface area contributed by atoms with Crippen LogP contribution in [0, 0.1) is 0 Å². The molecule has 1 heterocycles. The number of carbonyl (C=O) groups is 1. The van der Waals surface area contributed by atoms with Crippen LogP contribution >= 0.6 is 0 Å². The molecule has 3 nitrogen and oxygen atoms in total. The Hall–Kier alpha value is -2.68. The van der Waals surface area contributed by atoms with E-state index in [1.807, 2.05) is 79.4 Å². The monoisotopic (exact) mass is 304 g/mol. The third kappa shape index (κ3) is 3.39.